The molecule has 0 spiro atoms. The molecule has 14 heteroatoms. The van der Waals surface area contributed by atoms with E-state index in [0.29, 0.717) is 48.5 Å². The third-order valence-electron chi connectivity index (χ3n) is 7.66. The van der Waals surface area contributed by atoms with Gasteiger partial charge in [0, 0.05) is 37.3 Å². The van der Waals surface area contributed by atoms with Gasteiger partial charge in [-0.25, -0.2) is 19.6 Å². The molecule has 0 bridgehead atoms. The molecule has 1 aliphatic rings. The summed E-state index contributed by atoms with van der Waals surface area (Å²) in [5.41, 5.74) is -1.59. The van der Waals surface area contributed by atoms with Crippen LogP contribution in [0.15, 0.2) is 49.1 Å². The Morgan fingerprint density at radius 3 is 2.60 bits per heavy atom. The second-order valence-corrected chi connectivity index (χ2v) is 10.4. The van der Waals surface area contributed by atoms with E-state index in [-0.39, 0.29) is 28.3 Å². The molecule has 0 fully saturated rings. The van der Waals surface area contributed by atoms with Gasteiger partial charge in [0.15, 0.2) is 5.60 Å². The number of halogens is 3. The number of ether oxygens (including phenoxy) is 1. The molecule has 6 rings (SSSR count). The minimum Gasteiger partial charge on any atom is -0.481 e. The van der Waals surface area contributed by atoms with E-state index in [1.54, 1.807) is 25.2 Å². The van der Waals surface area contributed by atoms with Crippen molar-refractivity contribution >= 4 is 10.9 Å². The summed E-state index contributed by atoms with van der Waals surface area (Å²) in [6, 6.07) is 9.18. The molecule has 220 valence electrons. The topological polar surface area (TPSA) is 131 Å². The van der Waals surface area contributed by atoms with Crippen LogP contribution < -0.4 is 4.74 Å². The van der Waals surface area contributed by atoms with E-state index < -0.39 is 17.5 Å². The van der Waals surface area contributed by atoms with Gasteiger partial charge in [-0.15, -0.1) is 0 Å². The van der Waals surface area contributed by atoms with Crippen molar-refractivity contribution in [3.8, 4) is 11.9 Å². The molecule has 1 atom stereocenters. The Bertz CT molecular complexity index is 1890. The van der Waals surface area contributed by atoms with Crippen molar-refractivity contribution in [3.63, 3.8) is 0 Å². The molecule has 0 saturated carbocycles. The molecular weight excluding hydrogens is 563 g/mol. The minimum atomic E-state index is -4.73. The third-order valence-corrected chi connectivity index (χ3v) is 7.66. The van der Waals surface area contributed by atoms with Gasteiger partial charge in [0.1, 0.15) is 23.4 Å². The van der Waals surface area contributed by atoms with Crippen molar-refractivity contribution in [2.45, 2.75) is 38.3 Å². The first kappa shape index (κ1) is 28.3. The summed E-state index contributed by atoms with van der Waals surface area (Å²) in [5, 5.41) is 27.5. The number of hydrogen-bond acceptors (Lipinski definition) is 9. The first-order valence-corrected chi connectivity index (χ1v) is 13.3. The van der Waals surface area contributed by atoms with E-state index in [0.717, 1.165) is 18.1 Å². The van der Waals surface area contributed by atoms with Crippen LogP contribution in [0.3, 0.4) is 0 Å². The molecule has 1 aromatic carbocycles. The summed E-state index contributed by atoms with van der Waals surface area (Å²) in [7, 11) is 3.11. The first-order chi connectivity index (χ1) is 20.5. The number of aryl methyl sites for hydroxylation is 2. The Kier molecular flexibility index (Phi) is 6.86. The van der Waals surface area contributed by atoms with Crippen molar-refractivity contribution in [2.24, 2.45) is 7.05 Å². The largest absolute Gasteiger partial charge is 0.481 e. The van der Waals surface area contributed by atoms with Gasteiger partial charge >= 0.3 is 6.18 Å². The van der Waals surface area contributed by atoms with Gasteiger partial charge in [0.2, 0.25) is 5.88 Å². The van der Waals surface area contributed by atoms with Crippen LogP contribution in [0.4, 0.5) is 13.2 Å². The fourth-order valence-corrected chi connectivity index (χ4v) is 5.60. The van der Waals surface area contributed by atoms with Crippen LogP contribution in [-0.4, -0.2) is 57.9 Å². The lowest BCUT2D eigenvalue weighted by molar-refractivity contribution is -0.141. The van der Waals surface area contributed by atoms with E-state index in [1.807, 2.05) is 11.6 Å². The van der Waals surface area contributed by atoms with Crippen molar-refractivity contribution in [1.82, 2.24) is 39.2 Å². The van der Waals surface area contributed by atoms with Crippen LogP contribution in [-0.2, 0) is 38.5 Å². The maximum absolute atomic E-state index is 13.6. The number of aromatic nitrogens is 7. The highest BCUT2D eigenvalue weighted by Gasteiger charge is 2.40. The van der Waals surface area contributed by atoms with Gasteiger partial charge < -0.3 is 14.4 Å². The predicted molar refractivity (Wildman–Crippen MR) is 146 cm³/mol. The molecule has 43 heavy (non-hydrogen) atoms. The summed E-state index contributed by atoms with van der Waals surface area (Å²) in [5.74, 6) is 1.78. The van der Waals surface area contributed by atoms with Crippen LogP contribution in [0, 0.1) is 18.3 Å². The zero-order chi connectivity index (χ0) is 30.5. The molecular formula is C29H26F3N9O2. The smallest absolute Gasteiger partial charge is 0.433 e. The van der Waals surface area contributed by atoms with Gasteiger partial charge in [-0.1, -0.05) is 6.07 Å². The molecule has 1 N–H and O–H groups in total. The molecule has 5 aromatic rings. The Morgan fingerprint density at radius 2 is 1.91 bits per heavy atom. The van der Waals surface area contributed by atoms with Crippen molar-refractivity contribution < 1.29 is 23.0 Å². The lowest BCUT2D eigenvalue weighted by Gasteiger charge is -2.30. The normalized spacial score (nSPS) is 15.2. The van der Waals surface area contributed by atoms with E-state index in [4.69, 9.17) is 4.74 Å². The number of fused-ring (bicyclic) bond motifs is 2. The molecule has 1 aliphatic heterocycles. The second kappa shape index (κ2) is 10.4. The molecule has 5 heterocycles. The number of alkyl halides is 3. The zero-order valence-corrected chi connectivity index (χ0v) is 23.5. The Hall–Kier alpha value is -4.87. The van der Waals surface area contributed by atoms with Gasteiger partial charge in [0.25, 0.3) is 0 Å². The monoisotopic (exact) mass is 589 g/mol. The van der Waals surface area contributed by atoms with E-state index in [2.05, 4.69) is 36.0 Å². The predicted octanol–water partition coefficient (Wildman–Crippen LogP) is 3.46. The standard InChI is InChI=1S/C29H26F3N9O2/c1-17-36-26-15-40(8-9-41(26)38-17)14-22-21(12-33)20-10-18(4-5-23(20)37-27(22)43-3)28(42,25-13-34-16-39(25)2)19-6-7-35-24(11-19)29(30,31)32/h4-7,10-11,13,16,42H,8-9,14-15H2,1-3H3. The highest BCUT2D eigenvalue weighted by atomic mass is 19.4. The Morgan fingerprint density at radius 1 is 1.12 bits per heavy atom. The molecule has 0 amide bonds. The van der Waals surface area contributed by atoms with Crippen LogP contribution in [0.1, 0.15) is 45.3 Å². The van der Waals surface area contributed by atoms with Crippen molar-refractivity contribution in [2.75, 3.05) is 13.7 Å². The third kappa shape index (κ3) is 4.86. The fourth-order valence-electron chi connectivity index (χ4n) is 5.60. The summed E-state index contributed by atoms with van der Waals surface area (Å²) in [6.07, 6.45) is -0.889. The summed E-state index contributed by atoms with van der Waals surface area (Å²) in [6.45, 7) is 3.97. The van der Waals surface area contributed by atoms with Crippen LogP contribution >= 0.6 is 0 Å². The number of methoxy groups -OCH3 is 1. The van der Waals surface area contributed by atoms with Crippen LogP contribution in [0.5, 0.6) is 5.88 Å². The molecule has 0 radical (unpaired) electrons. The van der Waals surface area contributed by atoms with Crippen molar-refractivity contribution in [1.29, 1.82) is 5.26 Å². The molecule has 11 nitrogen and oxygen atoms in total. The SMILES string of the molecule is COc1nc2ccc(C(O)(c3ccnc(C(F)(F)F)c3)c3cncn3C)cc2c(C#N)c1CN1CCn2nc(C)nc2C1. The average Bonchev–Trinajstić information content (AvgIpc) is 3.59. The van der Waals surface area contributed by atoms with Crippen LogP contribution in [0.2, 0.25) is 0 Å². The van der Waals surface area contributed by atoms with E-state index in [9.17, 15) is 23.5 Å². The van der Waals surface area contributed by atoms with Crippen molar-refractivity contribution in [3.05, 3.63) is 94.3 Å². The lowest BCUT2D eigenvalue weighted by atomic mass is 9.82. The second-order valence-electron chi connectivity index (χ2n) is 10.4. The first-order valence-electron chi connectivity index (χ1n) is 13.3. The Balaban J connectivity index is 1.50. The summed E-state index contributed by atoms with van der Waals surface area (Å²) in [4.78, 5) is 18.8. The number of imidazole rings is 1. The number of hydrogen-bond donors (Lipinski definition) is 1. The number of aliphatic hydroxyl groups is 1. The highest BCUT2D eigenvalue weighted by Crippen LogP contribution is 2.40. The number of pyridine rings is 2. The molecule has 4 aromatic heterocycles. The number of rotatable bonds is 6. The van der Waals surface area contributed by atoms with Gasteiger partial charge in [-0.05, 0) is 42.3 Å². The van der Waals surface area contributed by atoms with Gasteiger partial charge in [-0.3, -0.25) is 9.88 Å². The maximum Gasteiger partial charge on any atom is 0.433 e. The minimum absolute atomic E-state index is 0.0642. The summed E-state index contributed by atoms with van der Waals surface area (Å²) >= 11 is 0. The quantitative estimate of drug-likeness (QED) is 0.316. The molecule has 0 aliphatic carbocycles. The lowest BCUT2D eigenvalue weighted by Crippen LogP contribution is -2.34. The number of nitriles is 1. The summed E-state index contributed by atoms with van der Waals surface area (Å²) < 4.78 is 49.9. The molecule has 1 unspecified atom stereocenters. The van der Waals surface area contributed by atoms with E-state index in [1.165, 1.54) is 30.3 Å². The Labute approximate surface area is 243 Å². The van der Waals surface area contributed by atoms with Crippen LogP contribution in [0.25, 0.3) is 10.9 Å². The number of nitrogens with zero attached hydrogens (tertiary/aromatic N) is 9. The fraction of sp³-hybridized carbons (Fsp3) is 0.310. The maximum atomic E-state index is 13.6. The van der Waals surface area contributed by atoms with Gasteiger partial charge in [0.05, 0.1) is 49.5 Å². The van der Waals surface area contributed by atoms with Gasteiger partial charge in [-0.2, -0.15) is 23.5 Å². The molecule has 0 saturated heterocycles. The van der Waals surface area contributed by atoms with E-state index >= 15 is 0 Å². The zero-order valence-electron chi connectivity index (χ0n) is 23.5. The highest BCUT2D eigenvalue weighted by molar-refractivity contribution is 5.88. The number of benzene rings is 1. The average molecular weight is 590 g/mol.